The molecule has 2 saturated carbocycles. The Morgan fingerprint density at radius 2 is 2.00 bits per heavy atom. The molecule has 0 bridgehead atoms. The van der Waals surface area contributed by atoms with Crippen molar-refractivity contribution in [3.63, 3.8) is 0 Å². The highest BCUT2D eigenvalue weighted by molar-refractivity contribution is 5.18. The molecule has 4 rings (SSSR count). The SMILES string of the molecule is Cc1cn([C@H]2C[C@H](O)[C@]3(CO)C[C@H]23)c(=O)n(COCc2ccccc2)c1=O. The van der Waals surface area contributed by atoms with E-state index >= 15 is 0 Å². The zero-order valence-corrected chi connectivity index (χ0v) is 15.2. The molecule has 0 aliphatic heterocycles. The molecule has 0 radical (unpaired) electrons. The molecule has 1 aromatic carbocycles. The van der Waals surface area contributed by atoms with E-state index in [0.717, 1.165) is 10.1 Å². The van der Waals surface area contributed by atoms with Crippen LogP contribution < -0.4 is 11.2 Å². The Balaban J connectivity index is 1.58. The van der Waals surface area contributed by atoms with Crippen LogP contribution in [0.25, 0.3) is 0 Å². The van der Waals surface area contributed by atoms with Crippen LogP contribution >= 0.6 is 0 Å². The first-order valence-corrected chi connectivity index (χ1v) is 9.21. The van der Waals surface area contributed by atoms with Crippen molar-refractivity contribution in [2.75, 3.05) is 6.61 Å². The second-order valence-corrected chi connectivity index (χ2v) is 7.72. The smallest absolute Gasteiger partial charge is 0.333 e. The van der Waals surface area contributed by atoms with Gasteiger partial charge in [0.05, 0.1) is 19.3 Å². The first-order valence-electron chi connectivity index (χ1n) is 9.21. The van der Waals surface area contributed by atoms with E-state index in [9.17, 15) is 19.8 Å². The van der Waals surface area contributed by atoms with Crippen LogP contribution in [-0.4, -0.2) is 32.1 Å². The quantitative estimate of drug-likeness (QED) is 0.782. The lowest BCUT2D eigenvalue weighted by atomic mass is 10.0. The summed E-state index contributed by atoms with van der Waals surface area (Å²) in [6.45, 7) is 1.77. The lowest BCUT2D eigenvalue weighted by Crippen LogP contribution is -2.42. The third-order valence-electron chi connectivity index (χ3n) is 6.12. The van der Waals surface area contributed by atoms with E-state index in [1.165, 1.54) is 0 Å². The monoisotopic (exact) mass is 372 g/mol. The highest BCUT2D eigenvalue weighted by Crippen LogP contribution is 2.66. The molecule has 2 aromatic rings. The Hall–Kier alpha value is -2.22. The average Bonchev–Trinajstić information content (AvgIpc) is 3.36. The van der Waals surface area contributed by atoms with Crippen LogP contribution in [0.2, 0.25) is 0 Å². The number of nitrogens with zero attached hydrogens (tertiary/aromatic N) is 2. The van der Waals surface area contributed by atoms with Gasteiger partial charge in [-0.3, -0.25) is 9.36 Å². The molecule has 7 nitrogen and oxygen atoms in total. The summed E-state index contributed by atoms with van der Waals surface area (Å²) in [5.74, 6) is 0.0609. The summed E-state index contributed by atoms with van der Waals surface area (Å²) in [7, 11) is 0. The third kappa shape index (κ3) is 2.96. The Kier molecular flexibility index (Phi) is 4.53. The van der Waals surface area contributed by atoms with Crippen LogP contribution in [0.3, 0.4) is 0 Å². The number of ether oxygens (including phenoxy) is 1. The fraction of sp³-hybridized carbons (Fsp3) is 0.500. The van der Waals surface area contributed by atoms with Crippen molar-refractivity contribution >= 4 is 0 Å². The molecule has 4 atom stereocenters. The maximum atomic E-state index is 12.9. The summed E-state index contributed by atoms with van der Waals surface area (Å²) in [6.07, 6.45) is 2.05. The van der Waals surface area contributed by atoms with Crippen LogP contribution in [0.4, 0.5) is 0 Å². The zero-order valence-electron chi connectivity index (χ0n) is 15.2. The molecule has 27 heavy (non-hydrogen) atoms. The summed E-state index contributed by atoms with van der Waals surface area (Å²) in [4.78, 5) is 25.4. The number of hydrogen-bond acceptors (Lipinski definition) is 5. The molecule has 1 heterocycles. The van der Waals surface area contributed by atoms with Crippen molar-refractivity contribution in [3.8, 4) is 0 Å². The van der Waals surface area contributed by atoms with Gasteiger partial charge in [-0.05, 0) is 31.2 Å². The summed E-state index contributed by atoms with van der Waals surface area (Å²) in [6, 6.07) is 9.34. The number of rotatable bonds is 6. The zero-order chi connectivity index (χ0) is 19.2. The molecule has 2 fully saturated rings. The van der Waals surface area contributed by atoms with Crippen molar-refractivity contribution < 1.29 is 14.9 Å². The molecule has 0 spiro atoms. The number of aliphatic hydroxyl groups excluding tert-OH is 2. The number of fused-ring (bicyclic) bond motifs is 1. The van der Waals surface area contributed by atoms with Crippen LogP contribution in [0.15, 0.2) is 46.1 Å². The number of hydrogen-bond donors (Lipinski definition) is 2. The van der Waals surface area contributed by atoms with Gasteiger partial charge in [0.25, 0.3) is 5.56 Å². The van der Waals surface area contributed by atoms with Gasteiger partial charge in [-0.1, -0.05) is 30.3 Å². The molecule has 2 aliphatic carbocycles. The molecule has 144 valence electrons. The Labute approximate surface area is 156 Å². The van der Waals surface area contributed by atoms with Crippen LogP contribution in [0.5, 0.6) is 0 Å². The highest BCUT2D eigenvalue weighted by Gasteiger charge is 2.67. The minimum Gasteiger partial charge on any atom is -0.396 e. The molecule has 2 N–H and O–H groups in total. The van der Waals surface area contributed by atoms with Crippen LogP contribution in [0.1, 0.15) is 30.0 Å². The molecule has 0 amide bonds. The summed E-state index contributed by atoms with van der Waals surface area (Å²) < 4.78 is 8.25. The van der Waals surface area contributed by atoms with E-state index in [1.807, 2.05) is 30.3 Å². The first kappa shape index (κ1) is 18.2. The van der Waals surface area contributed by atoms with Crippen molar-refractivity contribution in [1.29, 1.82) is 0 Å². The van der Waals surface area contributed by atoms with E-state index < -0.39 is 17.2 Å². The second-order valence-electron chi connectivity index (χ2n) is 7.72. The van der Waals surface area contributed by atoms with Gasteiger partial charge in [0.15, 0.2) is 0 Å². The maximum Gasteiger partial charge on any atom is 0.333 e. The Morgan fingerprint density at radius 3 is 2.63 bits per heavy atom. The molecule has 1 aromatic heterocycles. The minimum atomic E-state index is -0.626. The fourth-order valence-corrected chi connectivity index (χ4v) is 4.41. The topological polar surface area (TPSA) is 93.7 Å². The number of aliphatic hydroxyl groups is 2. The molecule has 7 heteroatoms. The van der Waals surface area contributed by atoms with E-state index in [-0.39, 0.29) is 30.9 Å². The first-order chi connectivity index (χ1) is 13.0. The van der Waals surface area contributed by atoms with Gasteiger partial charge in [-0.2, -0.15) is 0 Å². The lowest BCUT2D eigenvalue weighted by molar-refractivity contribution is 0.0559. The van der Waals surface area contributed by atoms with Gasteiger partial charge in [-0.15, -0.1) is 0 Å². The van der Waals surface area contributed by atoms with Gasteiger partial charge in [0, 0.05) is 23.2 Å². The van der Waals surface area contributed by atoms with Crippen LogP contribution in [0, 0.1) is 18.3 Å². The lowest BCUT2D eigenvalue weighted by Gasteiger charge is -2.19. The predicted octanol–water partition coefficient (Wildman–Crippen LogP) is 0.797. The van der Waals surface area contributed by atoms with Crippen molar-refractivity contribution in [1.82, 2.24) is 9.13 Å². The summed E-state index contributed by atoms with van der Waals surface area (Å²) in [5, 5.41) is 19.9. The predicted molar refractivity (Wildman–Crippen MR) is 98.2 cm³/mol. The van der Waals surface area contributed by atoms with Gasteiger partial charge in [0.2, 0.25) is 0 Å². The highest BCUT2D eigenvalue weighted by atomic mass is 16.5. The van der Waals surface area contributed by atoms with Crippen molar-refractivity contribution in [3.05, 3.63) is 68.5 Å². The minimum absolute atomic E-state index is 0.0609. The number of benzene rings is 1. The van der Waals surface area contributed by atoms with Crippen molar-refractivity contribution in [2.24, 2.45) is 11.3 Å². The van der Waals surface area contributed by atoms with E-state index in [4.69, 9.17) is 4.74 Å². The van der Waals surface area contributed by atoms with Gasteiger partial charge < -0.3 is 14.9 Å². The van der Waals surface area contributed by atoms with Crippen LogP contribution in [-0.2, 0) is 18.1 Å². The standard InChI is InChI=1S/C20H24N2O5/c1-13-9-21(16-7-17(24)20(11-23)8-15(16)20)19(26)22(18(13)25)12-27-10-14-5-3-2-4-6-14/h2-6,9,15-17,23-24H,7-8,10-12H2,1H3/t15-,16+,17+,20+/m1/s1. The second kappa shape index (κ2) is 6.74. The third-order valence-corrected chi connectivity index (χ3v) is 6.12. The largest absolute Gasteiger partial charge is 0.396 e. The fourth-order valence-electron chi connectivity index (χ4n) is 4.41. The Bertz CT molecular complexity index is 951. The van der Waals surface area contributed by atoms with E-state index in [0.29, 0.717) is 25.0 Å². The number of aromatic nitrogens is 2. The van der Waals surface area contributed by atoms with Crippen molar-refractivity contribution in [2.45, 2.75) is 45.2 Å². The average molecular weight is 372 g/mol. The summed E-state index contributed by atoms with van der Waals surface area (Å²) >= 11 is 0. The molecule has 2 aliphatic rings. The van der Waals surface area contributed by atoms with Gasteiger partial charge >= 0.3 is 5.69 Å². The van der Waals surface area contributed by atoms with E-state index in [1.54, 1.807) is 17.7 Å². The summed E-state index contributed by atoms with van der Waals surface area (Å²) in [5.41, 5.74) is 0.129. The number of aryl methyl sites for hydroxylation is 1. The molecule has 0 saturated heterocycles. The normalized spacial score (nSPS) is 28.9. The molecule has 0 unspecified atom stereocenters. The van der Waals surface area contributed by atoms with Gasteiger partial charge in [-0.25, -0.2) is 9.36 Å². The van der Waals surface area contributed by atoms with E-state index in [2.05, 4.69) is 0 Å². The molecular formula is C20H24N2O5. The van der Waals surface area contributed by atoms with Gasteiger partial charge in [0.1, 0.15) is 6.73 Å². The maximum absolute atomic E-state index is 12.9. The molecular weight excluding hydrogens is 348 g/mol. The Morgan fingerprint density at radius 1 is 1.26 bits per heavy atom.